The van der Waals surface area contributed by atoms with Crippen molar-refractivity contribution in [3.05, 3.63) is 27.6 Å². The predicted molar refractivity (Wildman–Crippen MR) is 78.5 cm³/mol. The lowest BCUT2D eigenvalue weighted by molar-refractivity contribution is 0.486. The van der Waals surface area contributed by atoms with Crippen molar-refractivity contribution in [1.29, 1.82) is 0 Å². The van der Waals surface area contributed by atoms with Crippen LogP contribution in [0.2, 0.25) is 0 Å². The summed E-state index contributed by atoms with van der Waals surface area (Å²) in [5.74, 6) is -0.403. The van der Waals surface area contributed by atoms with E-state index >= 15 is 0 Å². The fourth-order valence-electron chi connectivity index (χ4n) is 2.19. The summed E-state index contributed by atoms with van der Waals surface area (Å²) >= 11 is 1.81. The average Bonchev–Trinajstić information content (AvgIpc) is 2.36. The maximum atomic E-state index is 13.4. The molecule has 2 rings (SSSR count). The van der Waals surface area contributed by atoms with Crippen LogP contribution in [0.5, 0.6) is 0 Å². The van der Waals surface area contributed by atoms with Crippen LogP contribution in [0.25, 0.3) is 0 Å². The van der Waals surface area contributed by atoms with Crippen molar-refractivity contribution in [2.45, 2.75) is 37.4 Å². The highest BCUT2D eigenvalue weighted by molar-refractivity contribution is 14.1. The van der Waals surface area contributed by atoms with Crippen LogP contribution in [0.1, 0.15) is 32.1 Å². The Hall–Kier alpha value is -0.370. The molecule has 0 amide bonds. The van der Waals surface area contributed by atoms with Crippen LogP contribution in [-0.4, -0.2) is 13.7 Å². The minimum absolute atomic E-state index is 0.314. The summed E-state index contributed by atoms with van der Waals surface area (Å²) in [7, 11) is -3.40. The summed E-state index contributed by atoms with van der Waals surface area (Å²) in [6, 6.07) is 4.42. The van der Waals surface area contributed by atoms with E-state index in [1.807, 2.05) is 22.6 Å². The van der Waals surface area contributed by atoms with E-state index in [1.54, 1.807) is 6.07 Å². The molecular weight excluding hydrogens is 368 g/mol. The zero-order valence-electron chi connectivity index (χ0n) is 9.83. The molecule has 0 unspecified atom stereocenters. The molecule has 1 aliphatic carbocycles. The van der Waals surface area contributed by atoms with E-state index in [2.05, 4.69) is 4.72 Å². The van der Waals surface area contributed by atoms with Gasteiger partial charge in [0, 0.05) is 0 Å². The number of sulfonamides is 1. The third kappa shape index (κ3) is 3.14. The zero-order valence-corrected chi connectivity index (χ0v) is 12.8. The highest BCUT2D eigenvalue weighted by Crippen LogP contribution is 2.27. The Morgan fingerprint density at radius 2 is 1.89 bits per heavy atom. The molecule has 0 saturated heterocycles. The Morgan fingerprint density at radius 1 is 1.22 bits per heavy atom. The van der Waals surface area contributed by atoms with Gasteiger partial charge in [-0.15, -0.1) is 0 Å². The lowest BCUT2D eigenvalue weighted by Crippen LogP contribution is -2.30. The molecule has 0 atom stereocenters. The van der Waals surface area contributed by atoms with Gasteiger partial charge in [-0.05, 0) is 47.6 Å². The molecule has 100 valence electrons. The minimum atomic E-state index is -3.40. The van der Waals surface area contributed by atoms with Gasteiger partial charge in [0.15, 0.2) is 0 Å². The molecule has 0 spiro atoms. The van der Waals surface area contributed by atoms with E-state index in [9.17, 15) is 12.8 Å². The minimum Gasteiger partial charge on any atom is -0.282 e. The first kappa shape index (κ1) is 14.0. The smallest absolute Gasteiger partial charge is 0.235 e. The SMILES string of the molecule is O=S(=O)(Nc1cccc(F)c1I)C1CCCCC1. The second kappa shape index (κ2) is 5.73. The van der Waals surface area contributed by atoms with E-state index in [-0.39, 0.29) is 5.25 Å². The normalized spacial score (nSPS) is 17.7. The van der Waals surface area contributed by atoms with Crippen molar-refractivity contribution in [3.63, 3.8) is 0 Å². The molecule has 1 aromatic carbocycles. The summed E-state index contributed by atoms with van der Waals surface area (Å²) < 4.78 is 40.6. The van der Waals surface area contributed by atoms with E-state index in [0.29, 0.717) is 22.1 Å². The summed E-state index contributed by atoms with van der Waals surface area (Å²) in [4.78, 5) is 0. The maximum Gasteiger partial charge on any atom is 0.235 e. The first-order valence-electron chi connectivity index (χ1n) is 5.96. The highest BCUT2D eigenvalue weighted by Gasteiger charge is 2.27. The van der Waals surface area contributed by atoms with Gasteiger partial charge in [0.25, 0.3) is 0 Å². The van der Waals surface area contributed by atoms with Gasteiger partial charge in [-0.25, -0.2) is 12.8 Å². The van der Waals surface area contributed by atoms with Gasteiger partial charge < -0.3 is 0 Å². The molecule has 3 nitrogen and oxygen atoms in total. The van der Waals surface area contributed by atoms with E-state index in [4.69, 9.17) is 0 Å². The molecule has 0 aromatic heterocycles. The summed E-state index contributed by atoms with van der Waals surface area (Å²) in [6.07, 6.45) is 4.39. The number of hydrogen-bond donors (Lipinski definition) is 1. The zero-order chi connectivity index (χ0) is 13.2. The van der Waals surface area contributed by atoms with Crippen molar-refractivity contribution in [2.75, 3.05) is 4.72 Å². The van der Waals surface area contributed by atoms with Gasteiger partial charge in [0.2, 0.25) is 10.0 Å². The van der Waals surface area contributed by atoms with Gasteiger partial charge in [-0.1, -0.05) is 25.3 Å². The van der Waals surface area contributed by atoms with Crippen LogP contribution in [0, 0.1) is 9.39 Å². The van der Waals surface area contributed by atoms with Crippen LogP contribution in [0.15, 0.2) is 18.2 Å². The van der Waals surface area contributed by atoms with Crippen LogP contribution < -0.4 is 4.72 Å². The summed E-state index contributed by atoms with van der Waals surface area (Å²) in [5, 5.41) is -0.342. The Kier molecular flexibility index (Phi) is 4.47. The van der Waals surface area contributed by atoms with E-state index in [1.165, 1.54) is 12.1 Å². The largest absolute Gasteiger partial charge is 0.282 e. The average molecular weight is 383 g/mol. The number of hydrogen-bond acceptors (Lipinski definition) is 2. The molecule has 0 heterocycles. The van der Waals surface area contributed by atoms with Crippen LogP contribution in [-0.2, 0) is 10.0 Å². The topological polar surface area (TPSA) is 46.2 Å². The molecule has 1 saturated carbocycles. The maximum absolute atomic E-state index is 13.4. The molecule has 18 heavy (non-hydrogen) atoms. The number of benzene rings is 1. The van der Waals surface area contributed by atoms with Crippen molar-refractivity contribution < 1.29 is 12.8 Å². The van der Waals surface area contributed by atoms with Crippen LogP contribution >= 0.6 is 22.6 Å². The van der Waals surface area contributed by atoms with Gasteiger partial charge in [-0.2, -0.15) is 0 Å². The second-order valence-corrected chi connectivity index (χ2v) is 7.55. The Labute approximate surface area is 120 Å². The number of anilines is 1. The van der Waals surface area contributed by atoms with Crippen molar-refractivity contribution in [3.8, 4) is 0 Å². The third-order valence-corrected chi connectivity index (χ3v) is 6.14. The Bertz CT molecular complexity index is 527. The third-order valence-electron chi connectivity index (χ3n) is 3.19. The van der Waals surface area contributed by atoms with Gasteiger partial charge in [0.1, 0.15) is 5.82 Å². The number of nitrogens with one attached hydrogen (secondary N) is 1. The quantitative estimate of drug-likeness (QED) is 0.813. The molecular formula is C12H15FINO2S. The lowest BCUT2D eigenvalue weighted by Gasteiger charge is -2.22. The molecule has 0 bridgehead atoms. The van der Waals surface area contributed by atoms with E-state index in [0.717, 1.165) is 19.3 Å². The Morgan fingerprint density at radius 3 is 2.56 bits per heavy atom. The van der Waals surface area contributed by atoms with Crippen LogP contribution in [0.3, 0.4) is 0 Å². The second-order valence-electron chi connectivity index (χ2n) is 4.51. The molecule has 6 heteroatoms. The fraction of sp³-hybridized carbons (Fsp3) is 0.500. The molecule has 0 radical (unpaired) electrons. The fourth-order valence-corrected chi connectivity index (χ4v) is 4.47. The first-order chi connectivity index (χ1) is 8.50. The standard InChI is InChI=1S/C12H15FINO2S/c13-10-7-4-8-11(12(10)14)15-18(16,17)9-5-2-1-3-6-9/h4,7-9,15H,1-3,5-6H2. The van der Waals surface area contributed by atoms with Crippen molar-refractivity contribution in [2.24, 2.45) is 0 Å². The summed E-state index contributed by atoms with van der Waals surface area (Å²) in [6.45, 7) is 0. The molecule has 1 fully saturated rings. The van der Waals surface area contributed by atoms with Crippen LogP contribution in [0.4, 0.5) is 10.1 Å². The number of rotatable bonds is 3. The van der Waals surface area contributed by atoms with Gasteiger partial charge >= 0.3 is 0 Å². The highest BCUT2D eigenvalue weighted by atomic mass is 127. The van der Waals surface area contributed by atoms with Crippen molar-refractivity contribution in [1.82, 2.24) is 0 Å². The molecule has 1 N–H and O–H groups in total. The first-order valence-corrected chi connectivity index (χ1v) is 8.59. The van der Waals surface area contributed by atoms with Crippen molar-refractivity contribution >= 4 is 38.3 Å². The monoisotopic (exact) mass is 383 g/mol. The van der Waals surface area contributed by atoms with E-state index < -0.39 is 15.8 Å². The van der Waals surface area contributed by atoms with Gasteiger partial charge in [0.05, 0.1) is 14.5 Å². The predicted octanol–water partition coefficient (Wildman–Crippen LogP) is 3.50. The summed E-state index contributed by atoms with van der Waals surface area (Å²) in [5.41, 5.74) is 0.334. The lowest BCUT2D eigenvalue weighted by atomic mass is 10.0. The molecule has 1 aliphatic rings. The molecule has 1 aromatic rings. The Balaban J connectivity index is 2.19. The molecule has 0 aliphatic heterocycles. The number of halogens is 2. The van der Waals surface area contributed by atoms with Gasteiger partial charge in [-0.3, -0.25) is 4.72 Å².